The van der Waals surface area contributed by atoms with Gasteiger partial charge in [-0.1, -0.05) is 56.3 Å². The minimum absolute atomic E-state index is 0.345. The molecule has 28 heavy (non-hydrogen) atoms. The van der Waals surface area contributed by atoms with E-state index >= 15 is 0 Å². The predicted octanol–water partition coefficient (Wildman–Crippen LogP) is 5.24. The van der Waals surface area contributed by atoms with Crippen LogP contribution in [-0.2, 0) is 14.9 Å². The van der Waals surface area contributed by atoms with Gasteiger partial charge in [-0.3, -0.25) is 10.1 Å². The highest BCUT2D eigenvalue weighted by Gasteiger charge is 2.37. The van der Waals surface area contributed by atoms with Gasteiger partial charge in [-0.15, -0.1) is 0 Å². The summed E-state index contributed by atoms with van der Waals surface area (Å²) >= 11 is 0. The molecule has 0 spiro atoms. The van der Waals surface area contributed by atoms with Crippen molar-refractivity contribution in [2.24, 2.45) is 5.73 Å². The molecule has 0 saturated carbocycles. The van der Waals surface area contributed by atoms with Crippen molar-refractivity contribution in [3.05, 3.63) is 54.1 Å². The summed E-state index contributed by atoms with van der Waals surface area (Å²) in [6, 6.07) is 15.2. The number of carbonyl (C=O) groups is 2. The number of hydrogen-bond donors (Lipinski definition) is 2. The Morgan fingerprint density at radius 2 is 1.46 bits per heavy atom. The first-order valence-corrected chi connectivity index (χ1v) is 9.63. The van der Waals surface area contributed by atoms with E-state index in [1.165, 1.54) is 0 Å². The summed E-state index contributed by atoms with van der Waals surface area (Å²) in [6.07, 6.45) is 0.666. The number of carbonyl (C=O) groups excluding carboxylic acids is 2. The summed E-state index contributed by atoms with van der Waals surface area (Å²) in [4.78, 5) is 24.7. The van der Waals surface area contributed by atoms with E-state index < -0.39 is 17.1 Å². The maximum Gasteiger partial charge on any atom is 0.412 e. The van der Waals surface area contributed by atoms with E-state index in [1.807, 2.05) is 83.1 Å². The standard InChI is InChI=1S/C23H30N2O3/c1-6-23(7-2,20(24)26)18-14-10-8-12-16(18)17-13-9-11-15-19(17)25-21(27)28-22(3,4)5/h8-15H,6-7H2,1-5H3,(H2,24,26)(H,25,27). The molecule has 0 bridgehead atoms. The Morgan fingerprint density at radius 3 is 2.00 bits per heavy atom. The smallest absolute Gasteiger partial charge is 0.412 e. The lowest BCUT2D eigenvalue weighted by molar-refractivity contribution is -0.123. The van der Waals surface area contributed by atoms with Crippen molar-refractivity contribution in [3.63, 3.8) is 0 Å². The van der Waals surface area contributed by atoms with Gasteiger partial charge in [-0.2, -0.15) is 0 Å². The van der Waals surface area contributed by atoms with Gasteiger partial charge in [0.05, 0.1) is 11.1 Å². The van der Waals surface area contributed by atoms with E-state index in [0.29, 0.717) is 18.5 Å². The van der Waals surface area contributed by atoms with Gasteiger partial charge in [0.15, 0.2) is 0 Å². The third kappa shape index (κ3) is 4.53. The minimum atomic E-state index is -0.768. The first kappa shape index (κ1) is 21.5. The molecule has 0 aliphatic carbocycles. The molecule has 3 N–H and O–H groups in total. The molecule has 2 amide bonds. The van der Waals surface area contributed by atoms with Gasteiger partial charge in [0.2, 0.25) is 5.91 Å². The Balaban J connectivity index is 2.56. The molecule has 2 aromatic carbocycles. The Kier molecular flexibility index (Phi) is 6.49. The first-order valence-electron chi connectivity index (χ1n) is 9.63. The van der Waals surface area contributed by atoms with Crippen molar-refractivity contribution in [1.82, 2.24) is 0 Å². The molecule has 0 unspecified atom stereocenters. The number of ether oxygens (including phenoxy) is 1. The third-order valence-electron chi connectivity index (χ3n) is 4.97. The van der Waals surface area contributed by atoms with Gasteiger partial charge >= 0.3 is 6.09 Å². The van der Waals surface area contributed by atoms with E-state index in [1.54, 1.807) is 0 Å². The highest BCUT2D eigenvalue weighted by Crippen LogP contribution is 2.40. The zero-order valence-corrected chi connectivity index (χ0v) is 17.3. The Morgan fingerprint density at radius 1 is 0.929 bits per heavy atom. The molecule has 2 aromatic rings. The van der Waals surface area contributed by atoms with Crippen molar-refractivity contribution < 1.29 is 14.3 Å². The predicted molar refractivity (Wildman–Crippen MR) is 113 cm³/mol. The van der Waals surface area contributed by atoms with Crippen molar-refractivity contribution in [1.29, 1.82) is 0 Å². The second kappa shape index (κ2) is 8.46. The van der Waals surface area contributed by atoms with Crippen molar-refractivity contribution >= 4 is 17.7 Å². The number of benzene rings is 2. The van der Waals surface area contributed by atoms with Crippen LogP contribution < -0.4 is 11.1 Å². The maximum atomic E-state index is 12.4. The van der Waals surface area contributed by atoms with Crippen molar-refractivity contribution in [2.75, 3.05) is 5.32 Å². The number of primary amides is 1. The van der Waals surface area contributed by atoms with Gasteiger partial charge in [-0.25, -0.2) is 4.79 Å². The van der Waals surface area contributed by atoms with E-state index in [9.17, 15) is 9.59 Å². The number of para-hydroxylation sites is 1. The molecule has 0 radical (unpaired) electrons. The van der Waals surface area contributed by atoms with Gasteiger partial charge in [0.1, 0.15) is 5.60 Å². The van der Waals surface area contributed by atoms with Gasteiger partial charge in [0.25, 0.3) is 0 Å². The normalized spacial score (nSPS) is 11.8. The maximum absolute atomic E-state index is 12.4. The van der Waals surface area contributed by atoms with Crippen LogP contribution in [0, 0.1) is 0 Å². The van der Waals surface area contributed by atoms with Crippen LogP contribution in [0.3, 0.4) is 0 Å². The minimum Gasteiger partial charge on any atom is -0.444 e. The van der Waals surface area contributed by atoms with E-state index in [-0.39, 0.29) is 5.91 Å². The number of anilines is 1. The van der Waals surface area contributed by atoms with Crippen LogP contribution >= 0.6 is 0 Å². The molecule has 0 aromatic heterocycles. The fourth-order valence-electron chi connectivity index (χ4n) is 3.49. The highest BCUT2D eigenvalue weighted by molar-refractivity contribution is 5.95. The summed E-state index contributed by atoms with van der Waals surface area (Å²) in [7, 11) is 0. The van der Waals surface area contributed by atoms with Gasteiger partial charge in [-0.05, 0) is 50.8 Å². The molecule has 0 aliphatic heterocycles. The Labute approximate surface area is 167 Å². The second-order valence-electron chi connectivity index (χ2n) is 7.87. The number of nitrogens with one attached hydrogen (secondary N) is 1. The molecule has 0 heterocycles. The lowest BCUT2D eigenvalue weighted by atomic mass is 9.72. The largest absolute Gasteiger partial charge is 0.444 e. The van der Waals surface area contributed by atoms with Crippen LogP contribution in [0.1, 0.15) is 53.0 Å². The molecule has 5 nitrogen and oxygen atoms in total. The molecule has 2 rings (SSSR count). The van der Waals surface area contributed by atoms with Crippen molar-refractivity contribution in [3.8, 4) is 11.1 Å². The van der Waals surface area contributed by atoms with Crippen LogP contribution in [0.5, 0.6) is 0 Å². The number of hydrogen-bond acceptors (Lipinski definition) is 3. The third-order valence-corrected chi connectivity index (χ3v) is 4.97. The van der Waals surface area contributed by atoms with Crippen LogP contribution in [0.15, 0.2) is 48.5 Å². The number of nitrogens with two attached hydrogens (primary N) is 1. The Bertz CT molecular complexity index is 849. The number of amides is 2. The quantitative estimate of drug-likeness (QED) is 0.716. The van der Waals surface area contributed by atoms with Gasteiger partial charge in [0, 0.05) is 5.56 Å². The highest BCUT2D eigenvalue weighted by atomic mass is 16.6. The summed E-state index contributed by atoms with van der Waals surface area (Å²) in [6.45, 7) is 9.39. The summed E-state index contributed by atoms with van der Waals surface area (Å²) in [5, 5.41) is 2.83. The summed E-state index contributed by atoms with van der Waals surface area (Å²) in [5.74, 6) is -0.345. The van der Waals surface area contributed by atoms with Crippen LogP contribution in [-0.4, -0.2) is 17.6 Å². The zero-order chi connectivity index (χ0) is 20.9. The molecular formula is C23H30N2O3. The monoisotopic (exact) mass is 382 g/mol. The zero-order valence-electron chi connectivity index (χ0n) is 17.3. The van der Waals surface area contributed by atoms with E-state index in [0.717, 1.165) is 16.7 Å². The van der Waals surface area contributed by atoms with Crippen LogP contribution in [0.4, 0.5) is 10.5 Å². The molecular weight excluding hydrogens is 352 g/mol. The topological polar surface area (TPSA) is 81.4 Å². The molecule has 5 heteroatoms. The van der Waals surface area contributed by atoms with E-state index in [4.69, 9.17) is 10.5 Å². The first-order chi connectivity index (χ1) is 13.1. The second-order valence-corrected chi connectivity index (χ2v) is 7.87. The fourth-order valence-corrected chi connectivity index (χ4v) is 3.49. The molecule has 150 valence electrons. The average Bonchev–Trinajstić information content (AvgIpc) is 2.62. The molecule has 0 aliphatic rings. The van der Waals surface area contributed by atoms with Gasteiger partial charge < -0.3 is 10.5 Å². The molecule has 0 saturated heterocycles. The Hall–Kier alpha value is -2.82. The van der Waals surface area contributed by atoms with Crippen LogP contribution in [0.2, 0.25) is 0 Å². The summed E-state index contributed by atoms with van der Waals surface area (Å²) in [5.41, 5.74) is 7.64. The van der Waals surface area contributed by atoms with Crippen LogP contribution in [0.25, 0.3) is 11.1 Å². The fraction of sp³-hybridized carbons (Fsp3) is 0.391. The summed E-state index contributed by atoms with van der Waals surface area (Å²) < 4.78 is 5.39. The number of rotatable bonds is 6. The average molecular weight is 383 g/mol. The van der Waals surface area contributed by atoms with Crippen molar-refractivity contribution in [2.45, 2.75) is 58.5 Å². The molecule has 0 atom stereocenters. The van der Waals surface area contributed by atoms with E-state index in [2.05, 4.69) is 5.32 Å². The molecule has 0 fully saturated rings. The lowest BCUT2D eigenvalue weighted by Gasteiger charge is -2.31. The SMILES string of the molecule is CCC(CC)(C(N)=O)c1ccccc1-c1ccccc1NC(=O)OC(C)(C)C. The lowest BCUT2D eigenvalue weighted by Crippen LogP contribution is -2.40.